The number of benzene rings is 3. The van der Waals surface area contributed by atoms with Gasteiger partial charge >= 0.3 is 18.4 Å². The highest BCUT2D eigenvalue weighted by Gasteiger charge is 2.51. The summed E-state index contributed by atoms with van der Waals surface area (Å²) >= 11 is 0. The lowest BCUT2D eigenvalue weighted by molar-refractivity contribution is -0.138. The van der Waals surface area contributed by atoms with E-state index in [0.29, 0.717) is 23.3 Å². The molecular weight excluding hydrogens is 574 g/mol. The van der Waals surface area contributed by atoms with E-state index in [9.17, 15) is 39.9 Å². The molecule has 0 saturated carbocycles. The van der Waals surface area contributed by atoms with Gasteiger partial charge in [0, 0.05) is 11.6 Å². The number of carbonyl (C=O) groups is 1. The smallest absolute Gasteiger partial charge is 0.416 e. The number of amides is 1. The molecule has 224 valence electrons. The first kappa shape index (κ1) is 29.7. The molecule has 3 aromatic carbocycles. The number of methoxy groups -OCH3 is 1. The highest BCUT2D eigenvalue weighted by atomic mass is 19.4. The van der Waals surface area contributed by atoms with Crippen molar-refractivity contribution < 1.29 is 49.4 Å². The molecular formula is C30H25F8NO3. The standard InChI is InChI=1S/C30H25F8NO3/c1-14(2)20-12-22(26(41-3)13-23(20)32)19-5-4-16(29(33,34)35)11-21(19)24-6-7-25-27(42-28(40)39(24)25)15-8-17(30(36,37)38)10-18(31)9-15/h4-5,8-14,24-25,27H,6-7H2,1-3H3/t24-,25-,27+/m0/s1. The van der Waals surface area contributed by atoms with Gasteiger partial charge in [-0.1, -0.05) is 19.9 Å². The molecule has 0 unspecified atom stereocenters. The van der Waals surface area contributed by atoms with Crippen LogP contribution in [0.2, 0.25) is 0 Å². The van der Waals surface area contributed by atoms with Crippen LogP contribution in [0.5, 0.6) is 5.75 Å². The fraction of sp³-hybridized carbons (Fsp3) is 0.367. The summed E-state index contributed by atoms with van der Waals surface area (Å²) in [7, 11) is 1.29. The van der Waals surface area contributed by atoms with Crippen molar-refractivity contribution in [2.75, 3.05) is 7.11 Å². The Morgan fingerprint density at radius 3 is 2.19 bits per heavy atom. The fourth-order valence-corrected chi connectivity index (χ4v) is 5.84. The number of hydrogen-bond acceptors (Lipinski definition) is 3. The molecule has 0 radical (unpaired) electrons. The van der Waals surface area contributed by atoms with E-state index in [0.717, 1.165) is 24.3 Å². The maximum atomic E-state index is 14.8. The van der Waals surface area contributed by atoms with Crippen LogP contribution < -0.4 is 4.74 Å². The van der Waals surface area contributed by atoms with E-state index in [-0.39, 0.29) is 41.2 Å². The topological polar surface area (TPSA) is 38.8 Å². The summed E-state index contributed by atoms with van der Waals surface area (Å²) in [6.07, 6.45) is -11.5. The van der Waals surface area contributed by atoms with E-state index in [4.69, 9.17) is 9.47 Å². The van der Waals surface area contributed by atoms with Crippen LogP contribution in [-0.4, -0.2) is 24.1 Å². The Labute approximate surface area is 235 Å². The van der Waals surface area contributed by atoms with Crippen LogP contribution in [0.1, 0.15) is 72.6 Å². The number of cyclic esters (lactones) is 1. The molecule has 2 saturated heterocycles. The summed E-state index contributed by atoms with van der Waals surface area (Å²) in [5, 5.41) is 0. The van der Waals surface area contributed by atoms with Gasteiger partial charge in [0.25, 0.3) is 0 Å². The van der Waals surface area contributed by atoms with E-state index in [1.807, 2.05) is 0 Å². The molecule has 2 fully saturated rings. The first-order valence-corrected chi connectivity index (χ1v) is 13.1. The van der Waals surface area contributed by atoms with Gasteiger partial charge in [0.2, 0.25) is 0 Å². The predicted octanol–water partition coefficient (Wildman–Crippen LogP) is 9.20. The van der Waals surface area contributed by atoms with Crippen LogP contribution in [0.4, 0.5) is 39.9 Å². The van der Waals surface area contributed by atoms with Gasteiger partial charge in [-0.3, -0.25) is 4.90 Å². The average Bonchev–Trinajstić information content (AvgIpc) is 3.48. The highest BCUT2D eigenvalue weighted by Crippen LogP contribution is 2.51. The van der Waals surface area contributed by atoms with E-state index < -0.39 is 59.4 Å². The minimum Gasteiger partial charge on any atom is -0.496 e. The number of rotatable bonds is 5. The summed E-state index contributed by atoms with van der Waals surface area (Å²) < 4.78 is 121. The van der Waals surface area contributed by atoms with Crippen molar-refractivity contribution in [1.29, 1.82) is 0 Å². The third kappa shape index (κ3) is 5.27. The lowest BCUT2D eigenvalue weighted by atomic mass is 9.89. The van der Waals surface area contributed by atoms with E-state index in [1.165, 1.54) is 24.1 Å². The Hall–Kier alpha value is -3.83. The molecule has 0 aliphatic carbocycles. The summed E-state index contributed by atoms with van der Waals surface area (Å²) in [6.45, 7) is 3.50. The van der Waals surface area contributed by atoms with Crippen LogP contribution in [0, 0.1) is 11.6 Å². The Kier molecular flexibility index (Phi) is 7.39. The minimum atomic E-state index is -4.85. The molecule has 2 aliphatic heterocycles. The maximum Gasteiger partial charge on any atom is 0.416 e. The quantitative estimate of drug-likeness (QED) is 0.275. The molecule has 0 N–H and O–H groups in total. The molecule has 2 aliphatic rings. The van der Waals surface area contributed by atoms with E-state index in [1.54, 1.807) is 13.8 Å². The van der Waals surface area contributed by atoms with Crippen LogP contribution in [0.15, 0.2) is 48.5 Å². The van der Waals surface area contributed by atoms with Crippen LogP contribution >= 0.6 is 0 Å². The third-order valence-electron chi connectivity index (χ3n) is 7.76. The summed E-state index contributed by atoms with van der Waals surface area (Å²) in [4.78, 5) is 14.3. The highest BCUT2D eigenvalue weighted by molar-refractivity contribution is 5.78. The van der Waals surface area contributed by atoms with Crippen molar-refractivity contribution >= 4 is 6.09 Å². The van der Waals surface area contributed by atoms with Crippen molar-refractivity contribution in [3.05, 3.63) is 88.0 Å². The molecule has 0 aromatic heterocycles. The molecule has 4 nitrogen and oxygen atoms in total. The van der Waals surface area contributed by atoms with Crippen molar-refractivity contribution in [3.8, 4) is 16.9 Å². The lowest BCUT2D eigenvalue weighted by Gasteiger charge is -2.26. The molecule has 3 aromatic rings. The van der Waals surface area contributed by atoms with Gasteiger partial charge < -0.3 is 9.47 Å². The molecule has 1 amide bonds. The van der Waals surface area contributed by atoms with Crippen LogP contribution in [0.25, 0.3) is 11.1 Å². The van der Waals surface area contributed by atoms with Gasteiger partial charge in [-0.15, -0.1) is 0 Å². The molecule has 0 spiro atoms. The molecule has 12 heteroatoms. The maximum absolute atomic E-state index is 14.8. The van der Waals surface area contributed by atoms with Crippen molar-refractivity contribution in [2.24, 2.45) is 0 Å². The number of fused-ring (bicyclic) bond motifs is 1. The monoisotopic (exact) mass is 599 g/mol. The Bertz CT molecular complexity index is 1530. The summed E-state index contributed by atoms with van der Waals surface area (Å²) in [6, 6.07) is 5.68. The largest absolute Gasteiger partial charge is 0.496 e. The third-order valence-corrected chi connectivity index (χ3v) is 7.76. The molecule has 0 bridgehead atoms. The summed E-state index contributed by atoms with van der Waals surface area (Å²) in [5.74, 6) is -1.94. The number of ether oxygens (including phenoxy) is 2. The Balaban J connectivity index is 1.62. The van der Waals surface area contributed by atoms with Gasteiger partial charge in [-0.25, -0.2) is 13.6 Å². The lowest BCUT2D eigenvalue weighted by Crippen LogP contribution is -2.31. The van der Waals surface area contributed by atoms with Crippen LogP contribution in [0.3, 0.4) is 0 Å². The van der Waals surface area contributed by atoms with Crippen molar-refractivity contribution in [1.82, 2.24) is 4.90 Å². The zero-order chi connectivity index (χ0) is 30.7. The first-order chi connectivity index (χ1) is 19.6. The van der Waals surface area contributed by atoms with Gasteiger partial charge in [0.1, 0.15) is 23.5 Å². The number of halogens is 8. The zero-order valence-corrected chi connectivity index (χ0v) is 22.5. The number of carbonyl (C=O) groups excluding carboxylic acids is 1. The Morgan fingerprint density at radius 2 is 1.57 bits per heavy atom. The normalized spacial score (nSPS) is 20.7. The first-order valence-electron chi connectivity index (χ1n) is 13.1. The number of alkyl halides is 6. The van der Waals surface area contributed by atoms with Crippen LogP contribution in [-0.2, 0) is 17.1 Å². The van der Waals surface area contributed by atoms with Gasteiger partial charge in [0.15, 0.2) is 0 Å². The second-order valence-electron chi connectivity index (χ2n) is 10.7. The van der Waals surface area contributed by atoms with Gasteiger partial charge in [-0.05, 0) is 77.4 Å². The van der Waals surface area contributed by atoms with E-state index in [2.05, 4.69) is 0 Å². The number of nitrogens with zero attached hydrogens (tertiary/aromatic N) is 1. The summed E-state index contributed by atoms with van der Waals surface area (Å²) in [5.41, 5.74) is -1.51. The minimum absolute atomic E-state index is 0.0637. The van der Waals surface area contributed by atoms with Gasteiger partial charge in [-0.2, -0.15) is 26.3 Å². The zero-order valence-electron chi connectivity index (χ0n) is 22.5. The molecule has 2 heterocycles. The predicted molar refractivity (Wildman–Crippen MR) is 136 cm³/mol. The second kappa shape index (κ2) is 10.5. The van der Waals surface area contributed by atoms with E-state index >= 15 is 0 Å². The van der Waals surface area contributed by atoms with Crippen molar-refractivity contribution in [3.63, 3.8) is 0 Å². The average molecular weight is 600 g/mol. The number of hydrogen-bond donors (Lipinski definition) is 0. The Morgan fingerprint density at radius 1 is 0.881 bits per heavy atom. The molecule has 3 atom stereocenters. The van der Waals surface area contributed by atoms with Crippen molar-refractivity contribution in [2.45, 2.75) is 63.1 Å². The SMILES string of the molecule is COc1cc(F)c(C(C)C)cc1-c1ccc(C(F)(F)F)cc1[C@@H]1CC[C@H]2[C@@H](c3cc(F)cc(C(F)(F)F)c3)OC(=O)N12. The second-order valence-corrected chi connectivity index (χ2v) is 10.7. The fourth-order valence-electron chi connectivity index (χ4n) is 5.84. The van der Waals surface area contributed by atoms with Gasteiger partial charge in [0.05, 0.1) is 30.3 Å². The molecule has 42 heavy (non-hydrogen) atoms. The molecule has 5 rings (SSSR count).